The van der Waals surface area contributed by atoms with E-state index in [1.54, 1.807) is 55.6 Å². The Hall–Kier alpha value is -3.35. The summed E-state index contributed by atoms with van der Waals surface area (Å²) >= 11 is 0. The second kappa shape index (κ2) is 9.55. The summed E-state index contributed by atoms with van der Waals surface area (Å²) in [4.78, 5) is 36.0. The summed E-state index contributed by atoms with van der Waals surface area (Å²) in [5.74, 6) is -0.183. The molecule has 0 bridgehead atoms. The molecule has 0 aliphatic carbocycles. The third kappa shape index (κ3) is 5.84. The topological polar surface area (TPSA) is 96.5 Å². The Balaban J connectivity index is 2.00. The molecule has 1 atom stereocenters. The van der Waals surface area contributed by atoms with Gasteiger partial charge in [-0.2, -0.15) is 0 Å². The highest BCUT2D eigenvalue weighted by atomic mass is 16.5. The minimum absolute atomic E-state index is 0.0570. The van der Waals surface area contributed by atoms with Crippen LogP contribution in [0.25, 0.3) is 0 Å². The van der Waals surface area contributed by atoms with Gasteiger partial charge < -0.3 is 20.7 Å². The van der Waals surface area contributed by atoms with Crippen molar-refractivity contribution >= 4 is 29.1 Å². The second-order valence-electron chi connectivity index (χ2n) is 6.67. The van der Waals surface area contributed by atoms with Gasteiger partial charge in [-0.15, -0.1) is 0 Å². The maximum absolute atomic E-state index is 12.4. The number of amides is 3. The number of hydrogen-bond donors (Lipinski definition) is 3. The zero-order valence-electron chi connectivity index (χ0n) is 16.4. The number of hydrogen-bond acceptors (Lipinski definition) is 4. The summed E-state index contributed by atoms with van der Waals surface area (Å²) in [7, 11) is 1.58. The smallest absolute Gasteiger partial charge is 0.255 e. The molecule has 2 aromatic carbocycles. The van der Waals surface area contributed by atoms with Crippen molar-refractivity contribution < 1.29 is 19.1 Å². The molecule has 7 heteroatoms. The highest BCUT2D eigenvalue weighted by Gasteiger charge is 2.23. The van der Waals surface area contributed by atoms with E-state index in [4.69, 9.17) is 4.74 Å². The molecule has 0 aliphatic rings. The maximum atomic E-state index is 12.4. The molecule has 28 heavy (non-hydrogen) atoms. The monoisotopic (exact) mass is 383 g/mol. The number of benzene rings is 2. The summed E-state index contributed by atoms with van der Waals surface area (Å²) in [5.41, 5.74) is 1.65. The van der Waals surface area contributed by atoms with E-state index in [2.05, 4.69) is 16.0 Å². The molecule has 148 valence electrons. The first kappa shape index (κ1) is 21.0. The van der Waals surface area contributed by atoms with Gasteiger partial charge >= 0.3 is 0 Å². The van der Waals surface area contributed by atoms with E-state index in [-0.39, 0.29) is 23.6 Å². The Morgan fingerprint density at radius 1 is 0.857 bits per heavy atom. The second-order valence-corrected chi connectivity index (χ2v) is 6.67. The van der Waals surface area contributed by atoms with Crippen LogP contribution >= 0.6 is 0 Å². The number of carbonyl (C=O) groups is 3. The van der Waals surface area contributed by atoms with Gasteiger partial charge in [0.25, 0.3) is 5.91 Å². The summed E-state index contributed by atoms with van der Waals surface area (Å²) in [6.45, 7) is 5.08. The molecule has 0 saturated carbocycles. The molecule has 3 N–H and O–H groups in total. The van der Waals surface area contributed by atoms with Crippen LogP contribution in [0.5, 0.6) is 5.75 Å². The van der Waals surface area contributed by atoms with Crippen molar-refractivity contribution in [1.82, 2.24) is 5.32 Å². The fourth-order valence-corrected chi connectivity index (χ4v) is 2.56. The molecule has 0 aromatic heterocycles. The average molecular weight is 383 g/mol. The van der Waals surface area contributed by atoms with Crippen molar-refractivity contribution in [3.63, 3.8) is 0 Å². The van der Waals surface area contributed by atoms with Crippen molar-refractivity contribution in [3.8, 4) is 5.75 Å². The van der Waals surface area contributed by atoms with Crippen molar-refractivity contribution in [2.75, 3.05) is 17.7 Å². The number of anilines is 2. The Kier molecular flexibility index (Phi) is 7.14. The first-order chi connectivity index (χ1) is 13.3. The van der Waals surface area contributed by atoms with Crippen LogP contribution in [0, 0.1) is 5.92 Å². The SMILES string of the molecule is COc1ccc(NC(=O)c2ccc(NC(=O)C(NC(C)=O)C(C)C)cc2)cc1. The fraction of sp³-hybridized carbons (Fsp3) is 0.286. The molecule has 0 aliphatic heterocycles. The third-order valence-corrected chi connectivity index (χ3v) is 4.07. The van der Waals surface area contributed by atoms with Gasteiger partial charge in [-0.25, -0.2) is 0 Å². The van der Waals surface area contributed by atoms with E-state index in [9.17, 15) is 14.4 Å². The number of carbonyl (C=O) groups excluding carboxylic acids is 3. The average Bonchev–Trinajstić information content (AvgIpc) is 2.66. The van der Waals surface area contributed by atoms with Gasteiger partial charge in [-0.1, -0.05) is 13.8 Å². The maximum Gasteiger partial charge on any atom is 0.255 e. The zero-order valence-corrected chi connectivity index (χ0v) is 16.4. The van der Waals surface area contributed by atoms with Gasteiger partial charge in [-0.05, 0) is 54.4 Å². The summed E-state index contributed by atoms with van der Waals surface area (Å²) < 4.78 is 5.09. The Morgan fingerprint density at radius 2 is 1.39 bits per heavy atom. The molecule has 0 heterocycles. The summed E-state index contributed by atoms with van der Waals surface area (Å²) in [6.07, 6.45) is 0. The predicted octanol–water partition coefficient (Wildman–Crippen LogP) is 3.05. The van der Waals surface area contributed by atoms with Gasteiger partial charge in [0.05, 0.1) is 7.11 Å². The largest absolute Gasteiger partial charge is 0.497 e. The predicted molar refractivity (Wildman–Crippen MR) is 108 cm³/mol. The molecule has 2 rings (SSSR count). The highest BCUT2D eigenvalue weighted by molar-refractivity contribution is 6.05. The van der Waals surface area contributed by atoms with Crippen LogP contribution in [0.1, 0.15) is 31.1 Å². The van der Waals surface area contributed by atoms with Gasteiger partial charge in [0.2, 0.25) is 11.8 Å². The lowest BCUT2D eigenvalue weighted by atomic mass is 10.0. The van der Waals surface area contributed by atoms with Crippen molar-refractivity contribution in [1.29, 1.82) is 0 Å². The molecular weight excluding hydrogens is 358 g/mol. The van der Waals surface area contributed by atoms with Crippen LogP contribution in [-0.2, 0) is 9.59 Å². The molecule has 0 fully saturated rings. The Morgan fingerprint density at radius 3 is 1.89 bits per heavy atom. The van der Waals surface area contributed by atoms with Crippen LogP contribution in [-0.4, -0.2) is 30.9 Å². The normalized spacial score (nSPS) is 11.5. The van der Waals surface area contributed by atoms with Crippen LogP contribution in [0.15, 0.2) is 48.5 Å². The van der Waals surface area contributed by atoms with E-state index >= 15 is 0 Å². The molecule has 1 unspecified atom stereocenters. The Labute approximate surface area is 164 Å². The number of methoxy groups -OCH3 is 1. The van der Waals surface area contributed by atoms with Crippen LogP contribution in [0.3, 0.4) is 0 Å². The lowest BCUT2D eigenvalue weighted by Crippen LogP contribution is -2.46. The van der Waals surface area contributed by atoms with Crippen molar-refractivity contribution in [2.45, 2.75) is 26.8 Å². The quantitative estimate of drug-likeness (QED) is 0.685. The van der Waals surface area contributed by atoms with E-state index in [1.165, 1.54) is 6.92 Å². The number of nitrogens with one attached hydrogen (secondary N) is 3. The minimum Gasteiger partial charge on any atom is -0.497 e. The van der Waals surface area contributed by atoms with E-state index < -0.39 is 6.04 Å². The fourth-order valence-electron chi connectivity index (χ4n) is 2.56. The summed E-state index contributed by atoms with van der Waals surface area (Å²) in [6, 6.07) is 12.9. The standard InChI is InChI=1S/C21H25N3O4/c1-13(2)19(22-14(3)25)21(27)24-16-7-5-15(6-8-16)20(26)23-17-9-11-18(28-4)12-10-17/h5-13,19H,1-4H3,(H,22,25)(H,23,26)(H,24,27). The van der Waals surface area contributed by atoms with Crippen molar-refractivity contribution in [2.24, 2.45) is 5.92 Å². The lowest BCUT2D eigenvalue weighted by molar-refractivity contribution is -0.126. The molecule has 3 amide bonds. The van der Waals surface area contributed by atoms with Crippen LogP contribution in [0.4, 0.5) is 11.4 Å². The first-order valence-electron chi connectivity index (χ1n) is 8.93. The van der Waals surface area contributed by atoms with E-state index in [0.29, 0.717) is 22.7 Å². The molecule has 0 spiro atoms. The number of ether oxygens (including phenoxy) is 1. The molecule has 0 saturated heterocycles. The van der Waals surface area contributed by atoms with E-state index in [0.717, 1.165) is 0 Å². The van der Waals surface area contributed by atoms with Crippen LogP contribution < -0.4 is 20.7 Å². The van der Waals surface area contributed by atoms with E-state index in [1.807, 2.05) is 13.8 Å². The number of rotatable bonds is 7. The summed E-state index contributed by atoms with van der Waals surface area (Å²) in [5, 5.41) is 8.19. The van der Waals surface area contributed by atoms with Gasteiger partial charge in [0.15, 0.2) is 0 Å². The zero-order chi connectivity index (χ0) is 20.7. The molecule has 0 radical (unpaired) electrons. The van der Waals surface area contributed by atoms with Gasteiger partial charge in [0, 0.05) is 23.9 Å². The highest BCUT2D eigenvalue weighted by Crippen LogP contribution is 2.17. The first-order valence-corrected chi connectivity index (χ1v) is 8.93. The minimum atomic E-state index is -0.629. The van der Waals surface area contributed by atoms with Crippen molar-refractivity contribution in [3.05, 3.63) is 54.1 Å². The third-order valence-electron chi connectivity index (χ3n) is 4.07. The lowest BCUT2D eigenvalue weighted by Gasteiger charge is -2.21. The Bertz CT molecular complexity index is 830. The molecule has 2 aromatic rings. The molecular formula is C21H25N3O4. The van der Waals surface area contributed by atoms with Gasteiger partial charge in [-0.3, -0.25) is 14.4 Å². The molecule has 7 nitrogen and oxygen atoms in total. The van der Waals surface area contributed by atoms with Gasteiger partial charge in [0.1, 0.15) is 11.8 Å². The van der Waals surface area contributed by atoms with Crippen LogP contribution in [0.2, 0.25) is 0 Å².